The van der Waals surface area contributed by atoms with Crippen LogP contribution in [-0.2, 0) is 16.0 Å². The minimum absolute atomic E-state index is 0.704. The fourth-order valence-corrected chi connectivity index (χ4v) is 2.60. The molecule has 1 heterocycles. The number of benzene rings is 1. The van der Waals surface area contributed by atoms with Crippen molar-refractivity contribution in [2.75, 3.05) is 72.0 Å². The maximum atomic E-state index is 5.36. The van der Waals surface area contributed by atoms with Crippen LogP contribution in [0.3, 0.4) is 0 Å². The quantitative estimate of drug-likeness (QED) is 0.347. The van der Waals surface area contributed by atoms with Gasteiger partial charge in [-0.15, -0.1) is 0 Å². The number of nitrogens with zero attached hydrogens (tertiary/aromatic N) is 2. The molecule has 7 nitrogen and oxygen atoms in total. The van der Waals surface area contributed by atoms with E-state index in [0.29, 0.717) is 6.61 Å². The Balaban J connectivity index is 1.65. The lowest BCUT2D eigenvalue weighted by molar-refractivity contribution is 0.0389. The van der Waals surface area contributed by atoms with Crippen LogP contribution in [0.1, 0.15) is 5.56 Å². The summed E-state index contributed by atoms with van der Waals surface area (Å²) in [7, 11) is 3.51. The predicted molar refractivity (Wildman–Crippen MR) is 102 cm³/mol. The van der Waals surface area contributed by atoms with Crippen molar-refractivity contribution in [3.8, 4) is 0 Å². The molecule has 0 radical (unpaired) electrons. The van der Waals surface area contributed by atoms with Crippen LogP contribution >= 0.6 is 0 Å². The lowest BCUT2D eigenvalue weighted by Crippen LogP contribution is -2.44. The van der Waals surface area contributed by atoms with Gasteiger partial charge in [0.15, 0.2) is 5.96 Å². The van der Waals surface area contributed by atoms with Gasteiger partial charge in [-0.05, 0) is 17.7 Å². The van der Waals surface area contributed by atoms with Crippen molar-refractivity contribution >= 4 is 11.6 Å². The Kier molecular flexibility index (Phi) is 9.11. The lowest BCUT2D eigenvalue weighted by Gasteiger charge is -2.26. The predicted octanol–water partition coefficient (Wildman–Crippen LogP) is 0.742. The van der Waals surface area contributed by atoms with Gasteiger partial charge < -0.3 is 25.4 Å². The van der Waals surface area contributed by atoms with Crippen LogP contribution < -0.4 is 16.0 Å². The minimum Gasteiger partial charge on any atom is -0.383 e. The van der Waals surface area contributed by atoms with E-state index in [9.17, 15) is 0 Å². The Hall–Kier alpha value is -1.83. The number of ether oxygens (including phenoxy) is 2. The van der Waals surface area contributed by atoms with E-state index < -0.39 is 0 Å². The molecule has 0 unspecified atom stereocenters. The van der Waals surface area contributed by atoms with Gasteiger partial charge in [-0.3, -0.25) is 9.89 Å². The molecule has 0 spiro atoms. The Morgan fingerprint density at radius 3 is 2.60 bits per heavy atom. The molecule has 0 amide bonds. The molecule has 0 bridgehead atoms. The Morgan fingerprint density at radius 1 is 1.16 bits per heavy atom. The zero-order chi connectivity index (χ0) is 17.7. The standard InChI is InChI=1S/C18H31N5O2/c1-19-18(21-7-9-23-10-13-25-14-11-23)22-15-16-3-5-17(6-4-16)20-8-12-24-2/h3-6,20H,7-15H2,1-2H3,(H2,19,21,22). The second-order valence-electron chi connectivity index (χ2n) is 5.92. The highest BCUT2D eigenvalue weighted by Crippen LogP contribution is 2.09. The van der Waals surface area contributed by atoms with Gasteiger partial charge in [0, 0.05) is 59.1 Å². The van der Waals surface area contributed by atoms with Crippen LogP contribution in [0.4, 0.5) is 5.69 Å². The van der Waals surface area contributed by atoms with E-state index in [2.05, 4.69) is 50.1 Å². The number of nitrogens with one attached hydrogen (secondary N) is 3. The summed E-state index contributed by atoms with van der Waals surface area (Å²) in [6.45, 7) is 7.84. The summed E-state index contributed by atoms with van der Waals surface area (Å²) in [5.41, 5.74) is 2.32. The average Bonchev–Trinajstić information content (AvgIpc) is 2.66. The number of guanidine groups is 1. The summed E-state index contributed by atoms with van der Waals surface area (Å²) in [5, 5.41) is 10.0. The summed E-state index contributed by atoms with van der Waals surface area (Å²) < 4.78 is 10.4. The van der Waals surface area contributed by atoms with Crippen LogP contribution in [0, 0.1) is 0 Å². The second-order valence-corrected chi connectivity index (χ2v) is 5.92. The highest BCUT2D eigenvalue weighted by atomic mass is 16.5. The number of morpholine rings is 1. The van der Waals surface area contributed by atoms with Crippen LogP contribution in [0.25, 0.3) is 0 Å². The molecule has 1 aromatic carbocycles. The topological polar surface area (TPSA) is 70.2 Å². The van der Waals surface area contributed by atoms with Gasteiger partial charge in [0.05, 0.1) is 19.8 Å². The molecule has 1 aromatic rings. The molecule has 140 valence electrons. The summed E-state index contributed by atoms with van der Waals surface area (Å²) in [6, 6.07) is 8.40. The Morgan fingerprint density at radius 2 is 1.92 bits per heavy atom. The molecule has 7 heteroatoms. The number of aliphatic imine (C=N–C) groups is 1. The van der Waals surface area contributed by atoms with Crippen molar-refractivity contribution in [1.82, 2.24) is 15.5 Å². The van der Waals surface area contributed by atoms with Crippen molar-refractivity contribution in [3.05, 3.63) is 29.8 Å². The van der Waals surface area contributed by atoms with Crippen molar-refractivity contribution in [2.45, 2.75) is 6.54 Å². The van der Waals surface area contributed by atoms with Crippen LogP contribution in [0.5, 0.6) is 0 Å². The van der Waals surface area contributed by atoms with E-state index in [1.165, 1.54) is 5.56 Å². The molecule has 0 atom stereocenters. The monoisotopic (exact) mass is 349 g/mol. The number of rotatable bonds is 9. The van der Waals surface area contributed by atoms with Gasteiger partial charge >= 0.3 is 0 Å². The second kappa shape index (κ2) is 11.7. The highest BCUT2D eigenvalue weighted by molar-refractivity contribution is 5.79. The van der Waals surface area contributed by atoms with Crippen molar-refractivity contribution < 1.29 is 9.47 Å². The molecule has 1 aliphatic heterocycles. The molecular weight excluding hydrogens is 318 g/mol. The third-order valence-electron chi connectivity index (χ3n) is 4.10. The Bertz CT molecular complexity index is 501. The van der Waals surface area contributed by atoms with Crippen LogP contribution in [0.2, 0.25) is 0 Å². The van der Waals surface area contributed by atoms with E-state index in [4.69, 9.17) is 9.47 Å². The van der Waals surface area contributed by atoms with Gasteiger partial charge in [-0.2, -0.15) is 0 Å². The van der Waals surface area contributed by atoms with E-state index in [0.717, 1.165) is 64.1 Å². The van der Waals surface area contributed by atoms with Gasteiger partial charge in [0.25, 0.3) is 0 Å². The maximum Gasteiger partial charge on any atom is 0.191 e. The highest BCUT2D eigenvalue weighted by Gasteiger charge is 2.09. The number of hydrogen-bond donors (Lipinski definition) is 3. The summed E-state index contributed by atoms with van der Waals surface area (Å²) in [4.78, 5) is 6.68. The summed E-state index contributed by atoms with van der Waals surface area (Å²) in [6.07, 6.45) is 0. The lowest BCUT2D eigenvalue weighted by atomic mass is 10.2. The Labute approximate surface area is 150 Å². The number of anilines is 1. The van der Waals surface area contributed by atoms with E-state index >= 15 is 0 Å². The molecule has 3 N–H and O–H groups in total. The zero-order valence-electron chi connectivity index (χ0n) is 15.4. The fraction of sp³-hybridized carbons (Fsp3) is 0.611. The first kappa shape index (κ1) is 19.5. The zero-order valence-corrected chi connectivity index (χ0v) is 15.4. The fourth-order valence-electron chi connectivity index (χ4n) is 2.60. The van der Waals surface area contributed by atoms with Gasteiger partial charge in [0.2, 0.25) is 0 Å². The maximum absolute atomic E-state index is 5.36. The summed E-state index contributed by atoms with van der Waals surface area (Å²) in [5.74, 6) is 0.829. The first-order valence-electron chi connectivity index (χ1n) is 8.88. The van der Waals surface area contributed by atoms with E-state index in [1.807, 2.05) is 0 Å². The SMILES string of the molecule is CN=C(NCCN1CCOCC1)NCc1ccc(NCCOC)cc1. The van der Waals surface area contributed by atoms with Gasteiger partial charge in [0.1, 0.15) is 0 Å². The summed E-state index contributed by atoms with van der Waals surface area (Å²) >= 11 is 0. The van der Waals surface area contributed by atoms with E-state index in [-0.39, 0.29) is 0 Å². The van der Waals surface area contributed by atoms with Crippen LogP contribution in [0.15, 0.2) is 29.3 Å². The van der Waals surface area contributed by atoms with Crippen molar-refractivity contribution in [2.24, 2.45) is 4.99 Å². The van der Waals surface area contributed by atoms with Gasteiger partial charge in [-0.1, -0.05) is 12.1 Å². The van der Waals surface area contributed by atoms with Gasteiger partial charge in [-0.25, -0.2) is 0 Å². The first-order chi connectivity index (χ1) is 12.3. The molecule has 1 aliphatic rings. The van der Waals surface area contributed by atoms with Crippen LogP contribution in [-0.4, -0.2) is 77.6 Å². The molecule has 0 saturated carbocycles. The molecule has 0 aliphatic carbocycles. The van der Waals surface area contributed by atoms with Crippen molar-refractivity contribution in [3.63, 3.8) is 0 Å². The average molecular weight is 349 g/mol. The molecule has 1 saturated heterocycles. The molecule has 0 aromatic heterocycles. The molecule has 1 fully saturated rings. The largest absolute Gasteiger partial charge is 0.383 e. The normalized spacial score (nSPS) is 15.8. The molecular formula is C18H31N5O2. The van der Waals surface area contributed by atoms with E-state index in [1.54, 1.807) is 14.2 Å². The number of hydrogen-bond acceptors (Lipinski definition) is 5. The molecule has 25 heavy (non-hydrogen) atoms. The third-order valence-corrected chi connectivity index (χ3v) is 4.10. The first-order valence-corrected chi connectivity index (χ1v) is 8.88. The third kappa shape index (κ3) is 7.72. The van der Waals surface area contributed by atoms with Crippen molar-refractivity contribution in [1.29, 1.82) is 0 Å². The minimum atomic E-state index is 0.704. The molecule has 2 rings (SSSR count). The number of methoxy groups -OCH3 is 1. The smallest absolute Gasteiger partial charge is 0.191 e.